The third-order valence-corrected chi connectivity index (χ3v) is 3.19. The molecule has 1 fully saturated rings. The Hall–Kier alpha value is -1.36. The van der Waals surface area contributed by atoms with Gasteiger partial charge in [-0.2, -0.15) is 0 Å². The number of piperidine rings is 1. The quantitative estimate of drug-likeness (QED) is 0.792. The van der Waals surface area contributed by atoms with E-state index in [-0.39, 0.29) is 0 Å². The molecule has 0 amide bonds. The van der Waals surface area contributed by atoms with E-state index in [9.17, 15) is 0 Å². The van der Waals surface area contributed by atoms with Gasteiger partial charge in [-0.1, -0.05) is 0 Å². The van der Waals surface area contributed by atoms with Crippen molar-refractivity contribution < 1.29 is 0 Å². The minimum absolute atomic E-state index is 0.484. The summed E-state index contributed by atoms with van der Waals surface area (Å²) in [6.45, 7) is 2.24. The first-order valence-corrected chi connectivity index (χ1v) is 5.66. The molecule has 1 unspecified atom stereocenters. The summed E-state index contributed by atoms with van der Waals surface area (Å²) < 4.78 is 0. The number of hydrogen-bond acceptors (Lipinski definition) is 5. The molecule has 0 aromatic carbocycles. The van der Waals surface area contributed by atoms with E-state index < -0.39 is 0 Å². The Morgan fingerprint density at radius 3 is 2.88 bits per heavy atom. The third-order valence-electron chi connectivity index (χ3n) is 3.19. The molecule has 1 aromatic heterocycles. The highest BCUT2D eigenvalue weighted by Crippen LogP contribution is 2.22. The van der Waals surface area contributed by atoms with Gasteiger partial charge in [-0.3, -0.25) is 0 Å². The highest BCUT2D eigenvalue weighted by Gasteiger charge is 2.23. The van der Waals surface area contributed by atoms with Gasteiger partial charge in [0.05, 0.1) is 0 Å². The third kappa shape index (κ3) is 2.24. The second-order valence-corrected chi connectivity index (χ2v) is 4.43. The summed E-state index contributed by atoms with van der Waals surface area (Å²) in [5.74, 6) is 1.31. The number of hydrogen-bond donors (Lipinski definition) is 1. The van der Waals surface area contributed by atoms with E-state index in [2.05, 4.69) is 26.8 Å². The first kappa shape index (κ1) is 11.1. The number of nitrogen functional groups attached to an aromatic ring is 1. The minimum Gasteiger partial charge on any atom is -0.381 e. The van der Waals surface area contributed by atoms with Crippen LogP contribution in [0.15, 0.2) is 12.4 Å². The molecule has 1 aliphatic heterocycles. The molecule has 2 rings (SSSR count). The normalized spacial score (nSPS) is 22.0. The van der Waals surface area contributed by atoms with Gasteiger partial charge in [0.15, 0.2) is 11.6 Å². The van der Waals surface area contributed by atoms with E-state index in [1.54, 1.807) is 12.4 Å². The first-order chi connectivity index (χ1) is 7.68. The average molecular weight is 221 g/mol. The lowest BCUT2D eigenvalue weighted by Gasteiger charge is -2.36. The average Bonchev–Trinajstić information content (AvgIpc) is 2.29. The maximum Gasteiger partial charge on any atom is 0.171 e. The van der Waals surface area contributed by atoms with E-state index in [0.29, 0.717) is 11.9 Å². The Balaban J connectivity index is 2.12. The molecular weight excluding hydrogens is 202 g/mol. The van der Waals surface area contributed by atoms with Crippen molar-refractivity contribution in [2.24, 2.45) is 0 Å². The molecule has 2 heterocycles. The maximum absolute atomic E-state index is 5.83. The summed E-state index contributed by atoms with van der Waals surface area (Å²) in [5, 5.41) is 0. The number of anilines is 2. The van der Waals surface area contributed by atoms with E-state index in [1.165, 1.54) is 19.4 Å². The number of likely N-dealkylation sites (N-methyl/N-ethyl adjacent to an activating group) is 2. The number of nitrogens with two attached hydrogens (primary N) is 1. The highest BCUT2D eigenvalue weighted by atomic mass is 15.3. The van der Waals surface area contributed by atoms with E-state index in [1.807, 2.05) is 7.05 Å². The molecule has 0 radical (unpaired) electrons. The second-order valence-electron chi connectivity index (χ2n) is 4.43. The Bertz CT molecular complexity index is 354. The Morgan fingerprint density at radius 2 is 2.19 bits per heavy atom. The van der Waals surface area contributed by atoms with Crippen molar-refractivity contribution in [1.82, 2.24) is 14.9 Å². The van der Waals surface area contributed by atoms with Crippen LogP contribution in [-0.2, 0) is 0 Å². The van der Waals surface area contributed by atoms with Crippen LogP contribution >= 0.6 is 0 Å². The van der Waals surface area contributed by atoms with Crippen molar-refractivity contribution in [3.8, 4) is 0 Å². The van der Waals surface area contributed by atoms with Crippen LogP contribution in [0.1, 0.15) is 12.8 Å². The van der Waals surface area contributed by atoms with Gasteiger partial charge in [-0.25, -0.2) is 9.97 Å². The summed E-state index contributed by atoms with van der Waals surface area (Å²) in [5.41, 5.74) is 5.83. The summed E-state index contributed by atoms with van der Waals surface area (Å²) in [4.78, 5) is 12.9. The molecule has 2 N–H and O–H groups in total. The SMILES string of the molecule is CN1CCCC(N(C)c2nccnc2N)C1. The zero-order chi connectivity index (χ0) is 11.5. The summed E-state index contributed by atoms with van der Waals surface area (Å²) in [7, 11) is 4.20. The fraction of sp³-hybridized carbons (Fsp3) is 0.636. The molecule has 0 saturated carbocycles. The number of rotatable bonds is 2. The fourth-order valence-corrected chi connectivity index (χ4v) is 2.24. The molecule has 88 valence electrons. The molecule has 0 aliphatic carbocycles. The van der Waals surface area contributed by atoms with Crippen LogP contribution in [0, 0.1) is 0 Å². The van der Waals surface area contributed by atoms with Crippen molar-refractivity contribution in [3.05, 3.63) is 12.4 Å². The van der Waals surface area contributed by atoms with Crippen LogP contribution < -0.4 is 10.6 Å². The highest BCUT2D eigenvalue weighted by molar-refractivity contribution is 5.57. The topological polar surface area (TPSA) is 58.3 Å². The van der Waals surface area contributed by atoms with Crippen LogP contribution in [0.3, 0.4) is 0 Å². The number of nitrogens with zero attached hydrogens (tertiary/aromatic N) is 4. The zero-order valence-electron chi connectivity index (χ0n) is 9.93. The van der Waals surface area contributed by atoms with Gasteiger partial charge in [-0.15, -0.1) is 0 Å². The van der Waals surface area contributed by atoms with E-state index in [0.717, 1.165) is 12.4 Å². The smallest absolute Gasteiger partial charge is 0.171 e. The molecule has 1 atom stereocenters. The largest absolute Gasteiger partial charge is 0.381 e. The van der Waals surface area contributed by atoms with Crippen molar-refractivity contribution in [1.29, 1.82) is 0 Å². The minimum atomic E-state index is 0.484. The lowest BCUT2D eigenvalue weighted by Crippen LogP contribution is -2.45. The molecule has 1 aliphatic rings. The second kappa shape index (κ2) is 4.65. The van der Waals surface area contributed by atoms with Crippen LogP contribution in [0.25, 0.3) is 0 Å². The fourth-order valence-electron chi connectivity index (χ4n) is 2.24. The summed E-state index contributed by atoms with van der Waals surface area (Å²) >= 11 is 0. The standard InChI is InChI=1S/C11H19N5/c1-15-7-3-4-9(8-15)16(2)11-10(12)13-5-6-14-11/h5-6,9H,3-4,7-8H2,1-2H3,(H2,12,13). The van der Waals surface area contributed by atoms with Crippen molar-refractivity contribution in [3.63, 3.8) is 0 Å². The van der Waals surface area contributed by atoms with Crippen molar-refractivity contribution in [2.75, 3.05) is 37.8 Å². The molecular formula is C11H19N5. The first-order valence-electron chi connectivity index (χ1n) is 5.66. The molecule has 1 aromatic rings. The molecule has 0 spiro atoms. The summed E-state index contributed by atoms with van der Waals surface area (Å²) in [6, 6.07) is 0.484. The zero-order valence-corrected chi connectivity index (χ0v) is 9.93. The van der Waals surface area contributed by atoms with Gasteiger partial charge < -0.3 is 15.5 Å². The number of aromatic nitrogens is 2. The van der Waals surface area contributed by atoms with Gasteiger partial charge in [-0.05, 0) is 26.4 Å². The molecule has 5 heteroatoms. The van der Waals surface area contributed by atoms with Crippen LogP contribution in [0.4, 0.5) is 11.6 Å². The van der Waals surface area contributed by atoms with Crippen LogP contribution in [0.5, 0.6) is 0 Å². The van der Waals surface area contributed by atoms with Crippen molar-refractivity contribution >= 4 is 11.6 Å². The monoisotopic (exact) mass is 221 g/mol. The lowest BCUT2D eigenvalue weighted by atomic mass is 10.1. The summed E-state index contributed by atoms with van der Waals surface area (Å²) in [6.07, 6.45) is 5.73. The van der Waals surface area contributed by atoms with Gasteiger partial charge in [0.2, 0.25) is 0 Å². The molecule has 16 heavy (non-hydrogen) atoms. The Labute approximate surface area is 96.3 Å². The molecule has 5 nitrogen and oxygen atoms in total. The Morgan fingerprint density at radius 1 is 1.44 bits per heavy atom. The van der Waals surface area contributed by atoms with E-state index in [4.69, 9.17) is 5.73 Å². The van der Waals surface area contributed by atoms with Crippen LogP contribution in [-0.4, -0.2) is 48.1 Å². The van der Waals surface area contributed by atoms with Gasteiger partial charge in [0.25, 0.3) is 0 Å². The Kier molecular flexibility index (Phi) is 3.24. The lowest BCUT2D eigenvalue weighted by molar-refractivity contribution is 0.247. The van der Waals surface area contributed by atoms with Gasteiger partial charge in [0, 0.05) is 32.0 Å². The molecule has 0 bridgehead atoms. The van der Waals surface area contributed by atoms with Gasteiger partial charge in [0.1, 0.15) is 0 Å². The number of likely N-dealkylation sites (tertiary alicyclic amines) is 1. The maximum atomic E-state index is 5.83. The van der Waals surface area contributed by atoms with Crippen LogP contribution in [0.2, 0.25) is 0 Å². The molecule has 1 saturated heterocycles. The van der Waals surface area contributed by atoms with Gasteiger partial charge >= 0.3 is 0 Å². The van der Waals surface area contributed by atoms with Crippen molar-refractivity contribution in [2.45, 2.75) is 18.9 Å². The predicted molar refractivity (Wildman–Crippen MR) is 65.4 cm³/mol. The predicted octanol–water partition coefficient (Wildman–Crippen LogP) is 0.589. The van der Waals surface area contributed by atoms with E-state index >= 15 is 0 Å².